The maximum Gasteiger partial charge on any atom is 0.303 e. The lowest BCUT2D eigenvalue weighted by molar-refractivity contribution is -0.137. The molecule has 5 nitrogen and oxygen atoms in total. The number of carbonyl (C=O) groups is 1. The molecule has 0 bridgehead atoms. The first kappa shape index (κ1) is 14.0. The van der Waals surface area contributed by atoms with Gasteiger partial charge in [0.25, 0.3) is 0 Å². The number of hydrogen-bond donors (Lipinski definition) is 1. The van der Waals surface area contributed by atoms with E-state index in [1.807, 2.05) is 6.92 Å². The van der Waals surface area contributed by atoms with Crippen LogP contribution in [0.3, 0.4) is 0 Å². The van der Waals surface area contributed by atoms with E-state index in [4.69, 9.17) is 9.52 Å². The highest BCUT2D eigenvalue weighted by Gasteiger charge is 2.67. The number of carboxylic acid groups (broad SMARTS) is 1. The molecule has 0 amide bonds. The molecule has 5 heteroatoms. The number of aliphatic carboxylic acids is 1. The fourth-order valence-electron chi connectivity index (χ4n) is 2.95. The molecule has 19 heavy (non-hydrogen) atoms. The summed E-state index contributed by atoms with van der Waals surface area (Å²) in [6, 6.07) is 0. The summed E-state index contributed by atoms with van der Waals surface area (Å²) in [5.74, 6) is 0.730. The molecule has 1 unspecified atom stereocenters. The summed E-state index contributed by atoms with van der Waals surface area (Å²) < 4.78 is 5.72. The summed E-state index contributed by atoms with van der Waals surface area (Å²) in [6.07, 6.45) is 0.644. The van der Waals surface area contributed by atoms with E-state index in [0.717, 1.165) is 0 Å². The minimum atomic E-state index is -0.795. The van der Waals surface area contributed by atoms with Gasteiger partial charge < -0.3 is 9.52 Å². The van der Waals surface area contributed by atoms with E-state index in [0.29, 0.717) is 18.2 Å². The van der Waals surface area contributed by atoms with Gasteiger partial charge in [0.15, 0.2) is 0 Å². The summed E-state index contributed by atoms with van der Waals surface area (Å²) in [5, 5.41) is 16.9. The predicted octanol–water partition coefficient (Wildman–Crippen LogP) is 2.87. The zero-order valence-corrected chi connectivity index (χ0v) is 12.2. The van der Waals surface area contributed by atoms with Crippen LogP contribution in [0, 0.1) is 16.7 Å². The molecule has 0 spiro atoms. The van der Waals surface area contributed by atoms with Crippen molar-refractivity contribution in [2.45, 2.75) is 53.4 Å². The molecule has 1 N–H and O–H groups in total. The van der Waals surface area contributed by atoms with Gasteiger partial charge in [-0.1, -0.05) is 34.6 Å². The molecule has 1 fully saturated rings. The third-order valence-electron chi connectivity index (χ3n) is 4.80. The molecule has 0 radical (unpaired) electrons. The molecule has 1 aromatic heterocycles. The minimum absolute atomic E-state index is 0.00558. The number of aromatic nitrogens is 2. The van der Waals surface area contributed by atoms with Crippen molar-refractivity contribution in [2.75, 3.05) is 0 Å². The molecule has 0 saturated heterocycles. The maximum atomic E-state index is 10.6. The molecule has 0 aromatic carbocycles. The van der Waals surface area contributed by atoms with Gasteiger partial charge >= 0.3 is 5.97 Å². The van der Waals surface area contributed by atoms with E-state index < -0.39 is 5.97 Å². The zero-order valence-electron chi connectivity index (χ0n) is 12.2. The van der Waals surface area contributed by atoms with Gasteiger partial charge in [0.05, 0.1) is 0 Å². The Kier molecular flexibility index (Phi) is 3.19. The van der Waals surface area contributed by atoms with Crippen LogP contribution in [0.4, 0.5) is 0 Å². The van der Waals surface area contributed by atoms with Crippen molar-refractivity contribution in [3.63, 3.8) is 0 Å². The van der Waals surface area contributed by atoms with Gasteiger partial charge in [-0.05, 0) is 16.7 Å². The maximum absolute atomic E-state index is 10.6. The van der Waals surface area contributed by atoms with Crippen LogP contribution in [0.1, 0.15) is 58.7 Å². The largest absolute Gasteiger partial charge is 0.481 e. The van der Waals surface area contributed by atoms with Crippen molar-refractivity contribution in [1.82, 2.24) is 10.2 Å². The van der Waals surface area contributed by atoms with Crippen molar-refractivity contribution < 1.29 is 14.3 Å². The molecule has 1 atom stereocenters. The summed E-state index contributed by atoms with van der Waals surface area (Å²) in [7, 11) is 0. The average molecular weight is 266 g/mol. The molecular formula is C14H22N2O3. The Bertz CT molecular complexity index is 477. The third kappa shape index (κ3) is 2.38. The van der Waals surface area contributed by atoms with E-state index in [2.05, 4.69) is 37.9 Å². The molecule has 1 aliphatic carbocycles. The fourth-order valence-corrected chi connectivity index (χ4v) is 2.95. The van der Waals surface area contributed by atoms with E-state index >= 15 is 0 Å². The topological polar surface area (TPSA) is 76.2 Å². The van der Waals surface area contributed by atoms with E-state index in [9.17, 15) is 4.79 Å². The van der Waals surface area contributed by atoms with Gasteiger partial charge in [0, 0.05) is 18.8 Å². The van der Waals surface area contributed by atoms with Crippen molar-refractivity contribution in [2.24, 2.45) is 16.7 Å². The fraction of sp³-hybridized carbons (Fsp3) is 0.786. The van der Waals surface area contributed by atoms with Crippen molar-refractivity contribution in [3.05, 3.63) is 11.8 Å². The number of carboxylic acids is 1. The first-order valence-electron chi connectivity index (χ1n) is 6.70. The first-order chi connectivity index (χ1) is 8.66. The minimum Gasteiger partial charge on any atom is -0.481 e. The van der Waals surface area contributed by atoms with Crippen LogP contribution in [0.2, 0.25) is 0 Å². The van der Waals surface area contributed by atoms with E-state index in [1.54, 1.807) is 0 Å². The molecule has 0 aliphatic heterocycles. The lowest BCUT2D eigenvalue weighted by Crippen LogP contribution is -2.07. The molecule has 1 aromatic rings. The number of nitrogens with zero attached hydrogens (tertiary/aromatic N) is 2. The summed E-state index contributed by atoms with van der Waals surface area (Å²) in [6.45, 7) is 10.7. The van der Waals surface area contributed by atoms with Crippen molar-refractivity contribution in [1.29, 1.82) is 0 Å². The number of rotatable bonds is 5. The standard InChI is InChI=1S/C14H22N2O3/c1-8(7-10(17)18)6-9-15-16-12(19-9)11-13(2,3)14(11,4)5/h8,11H,6-7H2,1-5H3,(H,17,18). The smallest absolute Gasteiger partial charge is 0.303 e. The monoisotopic (exact) mass is 266 g/mol. The second-order valence-corrected chi connectivity index (χ2v) is 6.82. The quantitative estimate of drug-likeness (QED) is 0.886. The van der Waals surface area contributed by atoms with Gasteiger partial charge in [0.2, 0.25) is 11.8 Å². The highest BCUT2D eigenvalue weighted by molar-refractivity contribution is 5.66. The lowest BCUT2D eigenvalue weighted by atomic mass is 10.0. The average Bonchev–Trinajstić information content (AvgIpc) is 2.58. The molecule has 1 heterocycles. The van der Waals surface area contributed by atoms with Crippen LogP contribution in [-0.2, 0) is 11.2 Å². The summed E-state index contributed by atoms with van der Waals surface area (Å²) in [5.41, 5.74) is 0.340. The van der Waals surface area contributed by atoms with Gasteiger partial charge in [-0.25, -0.2) is 0 Å². The van der Waals surface area contributed by atoms with E-state index in [-0.39, 0.29) is 29.1 Å². The highest BCUT2D eigenvalue weighted by Crippen LogP contribution is 2.73. The normalized spacial score (nSPS) is 22.2. The van der Waals surface area contributed by atoms with Crippen LogP contribution in [0.15, 0.2) is 4.42 Å². The molecule has 106 valence electrons. The van der Waals surface area contributed by atoms with Crippen LogP contribution < -0.4 is 0 Å². The van der Waals surface area contributed by atoms with Gasteiger partial charge in [-0.3, -0.25) is 4.79 Å². The summed E-state index contributed by atoms with van der Waals surface area (Å²) >= 11 is 0. The van der Waals surface area contributed by atoms with Gasteiger partial charge in [-0.15, -0.1) is 10.2 Å². The van der Waals surface area contributed by atoms with Gasteiger partial charge in [0.1, 0.15) is 0 Å². The second-order valence-electron chi connectivity index (χ2n) is 6.82. The van der Waals surface area contributed by atoms with Crippen molar-refractivity contribution >= 4 is 5.97 Å². The van der Waals surface area contributed by atoms with Crippen LogP contribution in [-0.4, -0.2) is 21.3 Å². The molecule has 1 aliphatic rings. The van der Waals surface area contributed by atoms with E-state index in [1.165, 1.54) is 0 Å². The molecule has 1 saturated carbocycles. The number of hydrogen-bond acceptors (Lipinski definition) is 4. The zero-order chi connectivity index (χ0) is 14.4. The molecular weight excluding hydrogens is 244 g/mol. The Morgan fingerprint density at radius 1 is 1.32 bits per heavy atom. The Morgan fingerprint density at radius 2 is 1.89 bits per heavy atom. The van der Waals surface area contributed by atoms with Crippen LogP contribution in [0.25, 0.3) is 0 Å². The predicted molar refractivity (Wildman–Crippen MR) is 69.7 cm³/mol. The van der Waals surface area contributed by atoms with Gasteiger partial charge in [-0.2, -0.15) is 0 Å². The third-order valence-corrected chi connectivity index (χ3v) is 4.80. The Hall–Kier alpha value is -1.39. The molecule has 2 rings (SSSR count). The Morgan fingerprint density at radius 3 is 2.37 bits per heavy atom. The van der Waals surface area contributed by atoms with Crippen molar-refractivity contribution in [3.8, 4) is 0 Å². The Labute approximate surface area is 113 Å². The highest BCUT2D eigenvalue weighted by atomic mass is 16.4. The second kappa shape index (κ2) is 4.32. The summed E-state index contributed by atoms with van der Waals surface area (Å²) in [4.78, 5) is 10.6. The van der Waals surface area contributed by atoms with Crippen LogP contribution in [0.5, 0.6) is 0 Å². The SMILES string of the molecule is CC(CC(=O)O)Cc1nnc(C2C(C)(C)C2(C)C)o1. The lowest BCUT2D eigenvalue weighted by Gasteiger charge is -2.03. The first-order valence-corrected chi connectivity index (χ1v) is 6.70. The Balaban J connectivity index is 2.03. The van der Waals surface area contributed by atoms with Crippen LogP contribution >= 0.6 is 0 Å².